The van der Waals surface area contributed by atoms with Crippen molar-refractivity contribution in [3.8, 4) is 0 Å². The molecule has 3 aromatic carbocycles. The predicted molar refractivity (Wildman–Crippen MR) is 125 cm³/mol. The topological polar surface area (TPSA) is 24.4 Å². The monoisotopic (exact) mass is 390 g/mol. The van der Waals surface area contributed by atoms with Crippen LogP contribution in [0.3, 0.4) is 0 Å². The van der Waals surface area contributed by atoms with Crippen molar-refractivity contribution in [2.75, 3.05) is 19.3 Å². The van der Waals surface area contributed by atoms with Gasteiger partial charge >= 0.3 is 0 Å². The summed E-state index contributed by atoms with van der Waals surface area (Å²) < 4.78 is 5.46. The quantitative estimate of drug-likeness (QED) is 0.359. The largest absolute Gasteiger partial charge is 0.316 e. The fourth-order valence-corrected chi connectivity index (χ4v) is 6.88. The standard InChI is InChI=1S/C25H31N2P/c1-3-4-19-26-20-21-28(24-11-7-5-8-12-24,25-13-9-6-10-14-25)27-23-17-15-22(2)16-18-23/h5-18,26H,3-4,19-21H2,1-2H3. The van der Waals surface area contributed by atoms with E-state index in [1.54, 1.807) is 0 Å². The molecule has 3 heteroatoms. The van der Waals surface area contributed by atoms with Crippen molar-refractivity contribution in [3.05, 3.63) is 90.5 Å². The average molecular weight is 391 g/mol. The van der Waals surface area contributed by atoms with Crippen molar-refractivity contribution in [1.29, 1.82) is 0 Å². The smallest absolute Gasteiger partial charge is 0.0621 e. The summed E-state index contributed by atoms with van der Waals surface area (Å²) in [7, 11) is -1.92. The van der Waals surface area contributed by atoms with Gasteiger partial charge in [0.2, 0.25) is 0 Å². The molecule has 0 aliphatic carbocycles. The summed E-state index contributed by atoms with van der Waals surface area (Å²) >= 11 is 0. The average Bonchev–Trinajstić information content (AvgIpc) is 2.75. The zero-order valence-electron chi connectivity index (χ0n) is 17.0. The number of nitrogens with one attached hydrogen (secondary N) is 1. The van der Waals surface area contributed by atoms with Crippen LogP contribution in [0.25, 0.3) is 0 Å². The summed E-state index contributed by atoms with van der Waals surface area (Å²) in [6.45, 7) is 6.41. The van der Waals surface area contributed by atoms with Crippen molar-refractivity contribution in [3.63, 3.8) is 0 Å². The molecule has 28 heavy (non-hydrogen) atoms. The number of hydrogen-bond donors (Lipinski definition) is 1. The van der Waals surface area contributed by atoms with Crippen molar-refractivity contribution < 1.29 is 0 Å². The highest BCUT2D eigenvalue weighted by atomic mass is 31.2. The van der Waals surface area contributed by atoms with Crippen LogP contribution in [0.15, 0.2) is 89.7 Å². The van der Waals surface area contributed by atoms with Crippen LogP contribution in [0.1, 0.15) is 25.3 Å². The summed E-state index contributed by atoms with van der Waals surface area (Å²) in [5.74, 6) is 0. The minimum Gasteiger partial charge on any atom is -0.316 e. The van der Waals surface area contributed by atoms with E-state index in [1.807, 2.05) is 0 Å². The van der Waals surface area contributed by atoms with Crippen LogP contribution >= 0.6 is 7.05 Å². The minimum atomic E-state index is -1.92. The Morgan fingerprint density at radius 2 is 1.32 bits per heavy atom. The lowest BCUT2D eigenvalue weighted by molar-refractivity contribution is 0.665. The second kappa shape index (κ2) is 10.4. The lowest BCUT2D eigenvalue weighted by Gasteiger charge is -2.26. The van der Waals surface area contributed by atoms with Gasteiger partial charge in [-0.15, -0.1) is 0 Å². The van der Waals surface area contributed by atoms with Crippen LogP contribution < -0.4 is 15.9 Å². The molecule has 0 atom stereocenters. The minimum absolute atomic E-state index is 0.979. The van der Waals surface area contributed by atoms with E-state index >= 15 is 0 Å². The molecule has 0 saturated carbocycles. The zero-order valence-corrected chi connectivity index (χ0v) is 17.9. The van der Waals surface area contributed by atoms with E-state index in [2.05, 4.69) is 104 Å². The van der Waals surface area contributed by atoms with Gasteiger partial charge in [0.1, 0.15) is 0 Å². The maximum atomic E-state index is 5.46. The van der Waals surface area contributed by atoms with Gasteiger partial charge in [0.15, 0.2) is 0 Å². The van der Waals surface area contributed by atoms with Crippen molar-refractivity contribution in [2.45, 2.75) is 26.7 Å². The van der Waals surface area contributed by atoms with E-state index in [0.29, 0.717) is 0 Å². The Morgan fingerprint density at radius 3 is 1.86 bits per heavy atom. The SMILES string of the molecule is CCCCNCCP(=Nc1ccc(C)cc1)(c1ccccc1)c1ccccc1. The van der Waals surface area contributed by atoms with E-state index in [4.69, 9.17) is 4.74 Å². The number of nitrogens with zero attached hydrogens (tertiary/aromatic N) is 1. The third kappa shape index (κ3) is 5.22. The molecule has 0 heterocycles. The first kappa shape index (κ1) is 20.6. The van der Waals surface area contributed by atoms with Gasteiger partial charge in [-0.25, -0.2) is 0 Å². The second-order valence-corrected chi connectivity index (χ2v) is 10.4. The molecule has 3 aromatic rings. The van der Waals surface area contributed by atoms with E-state index in [9.17, 15) is 0 Å². The number of rotatable bonds is 9. The molecule has 0 fully saturated rings. The van der Waals surface area contributed by atoms with Crippen molar-refractivity contribution in [1.82, 2.24) is 5.32 Å². The van der Waals surface area contributed by atoms with E-state index in [-0.39, 0.29) is 0 Å². The van der Waals surface area contributed by atoms with Gasteiger partial charge in [-0.1, -0.05) is 91.7 Å². The zero-order chi connectivity index (χ0) is 19.7. The Morgan fingerprint density at radius 1 is 0.750 bits per heavy atom. The maximum absolute atomic E-state index is 5.46. The van der Waals surface area contributed by atoms with Crippen LogP contribution in [-0.2, 0) is 0 Å². The highest BCUT2D eigenvalue weighted by Gasteiger charge is 2.24. The van der Waals surface area contributed by atoms with Crippen LogP contribution in [0.4, 0.5) is 5.69 Å². The molecule has 0 bridgehead atoms. The lowest BCUT2D eigenvalue weighted by atomic mass is 10.2. The molecule has 0 aromatic heterocycles. The van der Waals surface area contributed by atoms with Gasteiger partial charge in [-0.3, -0.25) is 4.74 Å². The second-order valence-electron chi connectivity index (χ2n) is 7.20. The molecule has 1 N–H and O–H groups in total. The van der Waals surface area contributed by atoms with Gasteiger partial charge in [-0.05, 0) is 42.6 Å². The Hall–Kier alpha value is -2.15. The highest BCUT2D eigenvalue weighted by Crippen LogP contribution is 2.49. The van der Waals surface area contributed by atoms with E-state index in [1.165, 1.54) is 29.0 Å². The predicted octanol–water partition coefficient (Wildman–Crippen LogP) is 5.87. The number of unbranched alkanes of at least 4 members (excludes halogenated alkanes) is 1. The van der Waals surface area contributed by atoms with Crippen LogP contribution in [0.2, 0.25) is 0 Å². The van der Waals surface area contributed by atoms with Crippen molar-refractivity contribution in [2.24, 2.45) is 4.74 Å². The summed E-state index contributed by atoms with van der Waals surface area (Å²) in [4.78, 5) is 0. The van der Waals surface area contributed by atoms with Gasteiger partial charge in [0.05, 0.1) is 5.69 Å². The Kier molecular flexibility index (Phi) is 7.65. The van der Waals surface area contributed by atoms with Crippen LogP contribution in [-0.4, -0.2) is 19.3 Å². The fourth-order valence-electron chi connectivity index (χ4n) is 3.40. The third-order valence-corrected chi connectivity index (χ3v) is 8.75. The molecule has 0 unspecified atom stereocenters. The third-order valence-electron chi connectivity index (χ3n) is 5.01. The van der Waals surface area contributed by atoms with E-state index in [0.717, 1.165) is 24.9 Å². The molecule has 0 spiro atoms. The number of hydrogen-bond acceptors (Lipinski definition) is 2. The Bertz CT molecular complexity index is 843. The molecule has 0 saturated heterocycles. The first-order valence-corrected chi connectivity index (χ1v) is 12.2. The van der Waals surface area contributed by atoms with E-state index < -0.39 is 7.05 Å². The summed E-state index contributed by atoms with van der Waals surface area (Å²) in [6.07, 6.45) is 3.47. The molecule has 0 aliphatic heterocycles. The fraction of sp³-hybridized carbons (Fsp3) is 0.280. The molecule has 3 rings (SSSR count). The first-order chi connectivity index (χ1) is 13.7. The molecule has 2 nitrogen and oxygen atoms in total. The molecule has 0 radical (unpaired) electrons. The molecule has 0 aliphatic rings. The summed E-state index contributed by atoms with van der Waals surface area (Å²) in [5, 5.41) is 6.34. The molecular formula is C25H31N2P. The maximum Gasteiger partial charge on any atom is 0.0621 e. The first-order valence-electron chi connectivity index (χ1n) is 10.2. The molecular weight excluding hydrogens is 359 g/mol. The number of aryl methyl sites for hydroxylation is 1. The number of benzene rings is 3. The molecule has 146 valence electrons. The highest BCUT2D eigenvalue weighted by molar-refractivity contribution is 7.81. The van der Waals surface area contributed by atoms with Crippen LogP contribution in [0.5, 0.6) is 0 Å². The van der Waals surface area contributed by atoms with Gasteiger partial charge in [0.25, 0.3) is 0 Å². The molecule has 0 amide bonds. The Labute approximate surface area is 170 Å². The van der Waals surface area contributed by atoms with Gasteiger partial charge < -0.3 is 5.32 Å². The summed E-state index contributed by atoms with van der Waals surface area (Å²) in [5.41, 5.74) is 2.34. The van der Waals surface area contributed by atoms with Crippen molar-refractivity contribution >= 4 is 23.4 Å². The Balaban J connectivity index is 2.10. The van der Waals surface area contributed by atoms with Crippen LogP contribution in [0, 0.1) is 6.92 Å². The van der Waals surface area contributed by atoms with Gasteiger partial charge in [0, 0.05) is 19.8 Å². The summed E-state index contributed by atoms with van der Waals surface area (Å²) in [6, 6.07) is 30.4. The van der Waals surface area contributed by atoms with Gasteiger partial charge in [-0.2, -0.15) is 0 Å². The lowest BCUT2D eigenvalue weighted by Crippen LogP contribution is -2.26. The normalized spacial score (nSPS) is 11.4.